The molecule has 0 saturated heterocycles. The molecule has 0 heterocycles. The van der Waals surface area contributed by atoms with Gasteiger partial charge in [-0.2, -0.15) is 0 Å². The lowest BCUT2D eigenvalue weighted by Gasteiger charge is -2.35. The van der Waals surface area contributed by atoms with Gasteiger partial charge in [-0.25, -0.2) is 0 Å². The van der Waals surface area contributed by atoms with Crippen LogP contribution in [0.1, 0.15) is 92.9 Å². The van der Waals surface area contributed by atoms with Gasteiger partial charge in [0.15, 0.2) is 0 Å². The second-order valence-electron chi connectivity index (χ2n) is 7.72. The first-order chi connectivity index (χ1) is 10.5. The molecule has 0 aromatic rings. The lowest BCUT2D eigenvalue weighted by atomic mass is 9.70. The molecule has 2 fully saturated rings. The van der Waals surface area contributed by atoms with Crippen molar-refractivity contribution in [1.29, 1.82) is 0 Å². The molecule has 0 N–H and O–H groups in total. The summed E-state index contributed by atoms with van der Waals surface area (Å²) in [6.45, 7) is 12.8. The topological polar surface area (TPSA) is 0 Å². The Morgan fingerprint density at radius 2 is 1.73 bits per heavy atom. The fraction of sp³-hybridized carbons (Fsp3) is 0.818. The molecule has 0 heteroatoms. The van der Waals surface area contributed by atoms with Crippen LogP contribution >= 0.6 is 0 Å². The Morgan fingerprint density at radius 1 is 1.00 bits per heavy atom. The van der Waals surface area contributed by atoms with Crippen LogP contribution in [-0.2, 0) is 0 Å². The van der Waals surface area contributed by atoms with Crippen molar-refractivity contribution in [2.45, 2.75) is 92.9 Å². The van der Waals surface area contributed by atoms with E-state index in [1.165, 1.54) is 43.3 Å². The first kappa shape index (κ1) is 19.3. The van der Waals surface area contributed by atoms with E-state index in [0.717, 1.165) is 23.7 Å². The summed E-state index contributed by atoms with van der Waals surface area (Å²) in [6.07, 6.45) is 12.1. The van der Waals surface area contributed by atoms with E-state index >= 15 is 0 Å². The van der Waals surface area contributed by atoms with Gasteiger partial charge in [0.25, 0.3) is 0 Å². The van der Waals surface area contributed by atoms with E-state index in [-0.39, 0.29) is 0 Å². The van der Waals surface area contributed by atoms with Crippen molar-refractivity contribution in [3.63, 3.8) is 0 Å². The average molecular weight is 303 g/mol. The second kappa shape index (κ2) is 10.1. The standard InChI is InChI=1S/C14H26.C8H12/c1-3-4-6-12-7-5-8-13-11(2)9-10-14(12)13;1-5-6-8(4)7(2)3/h11-14H,3-10H2,1-2H3;1-4H3. The summed E-state index contributed by atoms with van der Waals surface area (Å²) in [7, 11) is 0. The van der Waals surface area contributed by atoms with Crippen LogP contribution in [0, 0.1) is 35.5 Å². The van der Waals surface area contributed by atoms with Crippen molar-refractivity contribution in [3.05, 3.63) is 11.1 Å². The highest BCUT2D eigenvalue weighted by Gasteiger charge is 2.39. The maximum absolute atomic E-state index is 2.97. The summed E-state index contributed by atoms with van der Waals surface area (Å²) in [5.41, 5.74) is 2.49. The molecule has 0 spiro atoms. The van der Waals surface area contributed by atoms with E-state index in [1.807, 2.05) is 13.8 Å². The van der Waals surface area contributed by atoms with Crippen LogP contribution in [0.3, 0.4) is 0 Å². The van der Waals surface area contributed by atoms with Crippen LogP contribution in [-0.4, -0.2) is 0 Å². The Balaban J connectivity index is 0.000000261. The third-order valence-corrected chi connectivity index (χ3v) is 5.95. The van der Waals surface area contributed by atoms with E-state index < -0.39 is 0 Å². The van der Waals surface area contributed by atoms with E-state index in [1.54, 1.807) is 19.3 Å². The van der Waals surface area contributed by atoms with Crippen molar-refractivity contribution in [1.82, 2.24) is 0 Å². The number of hydrogen-bond donors (Lipinski definition) is 0. The van der Waals surface area contributed by atoms with Gasteiger partial charge in [-0.3, -0.25) is 0 Å². The van der Waals surface area contributed by atoms with Gasteiger partial charge in [0.05, 0.1) is 0 Å². The van der Waals surface area contributed by atoms with Crippen molar-refractivity contribution in [2.75, 3.05) is 0 Å². The van der Waals surface area contributed by atoms with Gasteiger partial charge in [0, 0.05) is 0 Å². The zero-order chi connectivity index (χ0) is 16.5. The minimum atomic E-state index is 1.05. The average Bonchev–Trinajstić information content (AvgIpc) is 2.88. The quantitative estimate of drug-likeness (QED) is 0.492. The summed E-state index contributed by atoms with van der Waals surface area (Å²) in [5.74, 6) is 10.2. The SMILES string of the molecule is CC#CC(C)=C(C)C.CCCCC1CCCC2C(C)CCC12. The molecular formula is C22H38. The molecule has 0 aliphatic heterocycles. The van der Waals surface area contributed by atoms with Crippen LogP contribution < -0.4 is 0 Å². The van der Waals surface area contributed by atoms with Crippen LogP contribution in [0.4, 0.5) is 0 Å². The molecule has 0 nitrogen and oxygen atoms in total. The van der Waals surface area contributed by atoms with Crippen LogP contribution in [0.2, 0.25) is 0 Å². The highest BCUT2D eigenvalue weighted by molar-refractivity contribution is 5.29. The number of rotatable bonds is 3. The smallest absolute Gasteiger partial charge is 0.00234 e. The number of allylic oxidation sites excluding steroid dienone is 2. The predicted molar refractivity (Wildman–Crippen MR) is 99.7 cm³/mol. The molecule has 0 aromatic heterocycles. The predicted octanol–water partition coefficient (Wildman–Crippen LogP) is 7.01. The molecule has 2 aliphatic rings. The summed E-state index contributed by atoms with van der Waals surface area (Å²) >= 11 is 0. The highest BCUT2D eigenvalue weighted by Crippen LogP contribution is 2.49. The third-order valence-electron chi connectivity index (χ3n) is 5.95. The van der Waals surface area contributed by atoms with Crippen molar-refractivity contribution in [3.8, 4) is 11.8 Å². The van der Waals surface area contributed by atoms with Gasteiger partial charge in [-0.15, -0.1) is 5.92 Å². The summed E-state index contributed by atoms with van der Waals surface area (Å²) in [6, 6.07) is 0. The fourth-order valence-electron chi connectivity index (χ4n) is 4.36. The van der Waals surface area contributed by atoms with Gasteiger partial charge in [0.2, 0.25) is 0 Å². The highest BCUT2D eigenvalue weighted by atomic mass is 14.4. The molecule has 0 amide bonds. The fourth-order valence-corrected chi connectivity index (χ4v) is 4.36. The van der Waals surface area contributed by atoms with E-state index in [4.69, 9.17) is 0 Å². The summed E-state index contributed by atoms with van der Waals surface area (Å²) in [4.78, 5) is 0. The zero-order valence-corrected chi connectivity index (χ0v) is 16.0. The molecule has 2 aliphatic carbocycles. The first-order valence-electron chi connectivity index (χ1n) is 9.58. The Labute approximate surface area is 140 Å². The Kier molecular flexibility index (Phi) is 8.92. The van der Waals surface area contributed by atoms with Crippen LogP contribution in [0.15, 0.2) is 11.1 Å². The second-order valence-corrected chi connectivity index (χ2v) is 7.72. The lowest BCUT2D eigenvalue weighted by molar-refractivity contribution is 0.149. The molecule has 2 saturated carbocycles. The Bertz CT molecular complexity index is 399. The molecule has 2 rings (SSSR count). The summed E-state index contributed by atoms with van der Waals surface area (Å²) in [5, 5.41) is 0. The minimum Gasteiger partial charge on any atom is -0.102 e. The molecule has 126 valence electrons. The molecule has 0 aromatic carbocycles. The maximum Gasteiger partial charge on any atom is -0.00234 e. The number of unbranched alkanes of at least 4 members (excludes halogenated alkanes) is 1. The molecule has 4 atom stereocenters. The van der Waals surface area contributed by atoms with Gasteiger partial charge >= 0.3 is 0 Å². The van der Waals surface area contributed by atoms with Crippen LogP contribution in [0.5, 0.6) is 0 Å². The van der Waals surface area contributed by atoms with Crippen LogP contribution in [0.25, 0.3) is 0 Å². The molecular weight excluding hydrogens is 264 g/mol. The lowest BCUT2D eigenvalue weighted by Crippen LogP contribution is -2.26. The van der Waals surface area contributed by atoms with Gasteiger partial charge in [-0.05, 0) is 69.8 Å². The number of hydrogen-bond acceptors (Lipinski definition) is 0. The molecule has 4 unspecified atom stereocenters. The van der Waals surface area contributed by atoms with E-state index in [9.17, 15) is 0 Å². The molecule has 22 heavy (non-hydrogen) atoms. The van der Waals surface area contributed by atoms with Gasteiger partial charge < -0.3 is 0 Å². The zero-order valence-electron chi connectivity index (χ0n) is 16.0. The molecule has 0 radical (unpaired) electrons. The van der Waals surface area contributed by atoms with Gasteiger partial charge in [-0.1, -0.05) is 63.9 Å². The number of fused-ring (bicyclic) bond motifs is 1. The van der Waals surface area contributed by atoms with Gasteiger partial charge in [0.1, 0.15) is 0 Å². The van der Waals surface area contributed by atoms with E-state index in [0.29, 0.717) is 0 Å². The van der Waals surface area contributed by atoms with Crippen molar-refractivity contribution < 1.29 is 0 Å². The normalized spacial score (nSPS) is 29.5. The van der Waals surface area contributed by atoms with Crippen molar-refractivity contribution in [2.24, 2.45) is 23.7 Å². The van der Waals surface area contributed by atoms with E-state index in [2.05, 4.69) is 39.5 Å². The van der Waals surface area contributed by atoms with Crippen molar-refractivity contribution >= 4 is 0 Å². The Hall–Kier alpha value is -0.700. The minimum absolute atomic E-state index is 1.05. The Morgan fingerprint density at radius 3 is 2.27 bits per heavy atom. The third kappa shape index (κ3) is 5.83. The summed E-state index contributed by atoms with van der Waals surface area (Å²) < 4.78 is 0. The maximum atomic E-state index is 2.97. The monoisotopic (exact) mass is 302 g/mol. The molecule has 0 bridgehead atoms. The first-order valence-corrected chi connectivity index (χ1v) is 9.58. The largest absolute Gasteiger partial charge is 0.102 e.